The predicted octanol–water partition coefficient (Wildman–Crippen LogP) is 5.08. The molecule has 0 bridgehead atoms. The Morgan fingerprint density at radius 2 is 1.87 bits per heavy atom. The van der Waals surface area contributed by atoms with Gasteiger partial charge in [0, 0.05) is 18.7 Å². The van der Waals surface area contributed by atoms with E-state index in [4.69, 9.17) is 16.1 Å². The van der Waals surface area contributed by atoms with Crippen LogP contribution in [0.2, 0.25) is 5.02 Å². The lowest BCUT2D eigenvalue weighted by Crippen LogP contribution is -2.39. The van der Waals surface area contributed by atoms with Crippen molar-refractivity contribution in [3.05, 3.63) is 65.0 Å². The van der Waals surface area contributed by atoms with Crippen LogP contribution in [0.5, 0.6) is 0 Å². The number of piperidine rings is 1. The van der Waals surface area contributed by atoms with Crippen LogP contribution < -0.4 is 0 Å². The summed E-state index contributed by atoms with van der Waals surface area (Å²) in [6.07, 6.45) is 1.51. The lowest BCUT2D eigenvalue weighted by molar-refractivity contribution is 0.265. The van der Waals surface area contributed by atoms with Crippen LogP contribution in [0.4, 0.5) is 0 Å². The average molecular weight is 446 g/mol. The molecule has 2 aromatic carbocycles. The molecule has 1 aliphatic rings. The minimum atomic E-state index is -3.68. The van der Waals surface area contributed by atoms with Gasteiger partial charge in [0.2, 0.25) is 21.7 Å². The first kappa shape index (κ1) is 21.0. The summed E-state index contributed by atoms with van der Waals surface area (Å²) in [5.74, 6) is 1.30. The van der Waals surface area contributed by atoms with Crippen LogP contribution in [-0.4, -0.2) is 36.0 Å². The fourth-order valence-electron chi connectivity index (χ4n) is 3.69. The molecule has 0 unspecified atom stereocenters. The summed E-state index contributed by atoms with van der Waals surface area (Å²) >= 11 is 6.14. The van der Waals surface area contributed by atoms with Gasteiger partial charge in [0.05, 0.1) is 10.9 Å². The van der Waals surface area contributed by atoms with E-state index in [0.717, 1.165) is 18.4 Å². The third kappa shape index (κ3) is 4.15. The third-order valence-corrected chi connectivity index (χ3v) is 7.83. The van der Waals surface area contributed by atoms with Gasteiger partial charge in [0.15, 0.2) is 0 Å². The molecule has 6 nitrogen and oxygen atoms in total. The predicted molar refractivity (Wildman–Crippen MR) is 116 cm³/mol. The van der Waals surface area contributed by atoms with E-state index in [0.29, 0.717) is 30.7 Å². The van der Waals surface area contributed by atoms with E-state index in [-0.39, 0.29) is 15.8 Å². The highest BCUT2D eigenvalue weighted by molar-refractivity contribution is 7.89. The van der Waals surface area contributed by atoms with E-state index in [1.54, 1.807) is 18.2 Å². The molecule has 2 heterocycles. The largest absolute Gasteiger partial charge is 0.339 e. The van der Waals surface area contributed by atoms with E-state index in [1.807, 2.05) is 12.1 Å². The molecular formula is C22H24ClN3O3S. The Labute approximate surface area is 181 Å². The lowest BCUT2D eigenvalue weighted by Gasteiger charge is -2.30. The summed E-state index contributed by atoms with van der Waals surface area (Å²) in [4.78, 5) is 4.69. The van der Waals surface area contributed by atoms with Gasteiger partial charge in [-0.3, -0.25) is 0 Å². The van der Waals surface area contributed by atoms with Crippen LogP contribution in [-0.2, 0) is 10.0 Å². The molecule has 0 saturated carbocycles. The molecule has 0 aliphatic carbocycles. The van der Waals surface area contributed by atoms with Gasteiger partial charge in [-0.25, -0.2) is 8.42 Å². The van der Waals surface area contributed by atoms with Gasteiger partial charge in [-0.1, -0.05) is 67.0 Å². The maximum absolute atomic E-state index is 13.1. The molecule has 1 fully saturated rings. The minimum absolute atomic E-state index is 0.128. The standard InChI is InChI=1S/C22H24ClN3O3S/c1-15(2)16-9-11-17(12-10-16)21-24-22(29-25-21)18-6-5-13-26(14-18)30(27,28)20-8-4-3-7-19(20)23/h3-4,7-12,15,18H,5-6,13-14H2,1-2H3/t18-/m0/s1. The molecule has 1 aromatic heterocycles. The molecule has 0 amide bonds. The molecule has 30 heavy (non-hydrogen) atoms. The maximum atomic E-state index is 13.1. The molecule has 4 rings (SSSR count). The summed E-state index contributed by atoms with van der Waals surface area (Å²) in [6, 6.07) is 14.6. The van der Waals surface area contributed by atoms with Crippen LogP contribution in [0, 0.1) is 0 Å². The molecule has 158 valence electrons. The van der Waals surface area contributed by atoms with Gasteiger partial charge in [0.25, 0.3) is 0 Å². The number of benzene rings is 2. The van der Waals surface area contributed by atoms with E-state index >= 15 is 0 Å². The van der Waals surface area contributed by atoms with Crippen LogP contribution in [0.1, 0.15) is 50.0 Å². The zero-order valence-corrected chi connectivity index (χ0v) is 18.5. The lowest BCUT2D eigenvalue weighted by atomic mass is 9.99. The summed E-state index contributed by atoms with van der Waals surface area (Å²) in [6.45, 7) is 5.03. The quantitative estimate of drug-likeness (QED) is 0.547. The van der Waals surface area contributed by atoms with Crippen molar-refractivity contribution >= 4 is 21.6 Å². The van der Waals surface area contributed by atoms with Gasteiger partial charge in [-0.05, 0) is 36.5 Å². The molecule has 1 saturated heterocycles. The van der Waals surface area contributed by atoms with Gasteiger partial charge >= 0.3 is 0 Å². The molecule has 3 aromatic rings. The molecule has 0 spiro atoms. The van der Waals surface area contributed by atoms with Crippen LogP contribution in [0.15, 0.2) is 57.9 Å². The monoisotopic (exact) mass is 445 g/mol. The Balaban J connectivity index is 1.54. The highest BCUT2D eigenvalue weighted by atomic mass is 35.5. The third-order valence-electron chi connectivity index (χ3n) is 5.47. The minimum Gasteiger partial charge on any atom is -0.339 e. The Hall–Kier alpha value is -2.22. The van der Waals surface area contributed by atoms with Crippen molar-refractivity contribution < 1.29 is 12.9 Å². The van der Waals surface area contributed by atoms with Crippen molar-refractivity contribution in [2.75, 3.05) is 13.1 Å². The fraction of sp³-hybridized carbons (Fsp3) is 0.364. The average Bonchev–Trinajstić information content (AvgIpc) is 3.24. The van der Waals surface area contributed by atoms with Crippen molar-refractivity contribution in [2.45, 2.75) is 43.4 Å². The molecule has 8 heteroatoms. The van der Waals surface area contributed by atoms with E-state index in [2.05, 4.69) is 36.1 Å². The summed E-state index contributed by atoms with van der Waals surface area (Å²) in [7, 11) is -3.68. The van der Waals surface area contributed by atoms with Gasteiger partial charge in [0.1, 0.15) is 4.90 Å². The van der Waals surface area contributed by atoms with E-state index in [9.17, 15) is 8.42 Å². The number of aromatic nitrogens is 2. The fourth-order valence-corrected chi connectivity index (χ4v) is 5.71. The smallest absolute Gasteiger partial charge is 0.244 e. The van der Waals surface area contributed by atoms with Crippen molar-refractivity contribution in [2.24, 2.45) is 0 Å². The first-order valence-electron chi connectivity index (χ1n) is 10.0. The number of hydrogen-bond donors (Lipinski definition) is 0. The highest BCUT2D eigenvalue weighted by Crippen LogP contribution is 2.32. The Morgan fingerprint density at radius 1 is 1.13 bits per heavy atom. The summed E-state index contributed by atoms with van der Waals surface area (Å²) in [5, 5.41) is 4.35. The number of rotatable bonds is 5. The number of nitrogens with zero attached hydrogens (tertiary/aromatic N) is 3. The van der Waals surface area contributed by atoms with Gasteiger partial charge in [-0.15, -0.1) is 0 Å². The molecule has 1 atom stereocenters. The maximum Gasteiger partial charge on any atom is 0.244 e. The second-order valence-corrected chi connectivity index (χ2v) is 10.2. The Morgan fingerprint density at radius 3 is 2.57 bits per heavy atom. The highest BCUT2D eigenvalue weighted by Gasteiger charge is 2.34. The topological polar surface area (TPSA) is 76.3 Å². The van der Waals surface area contributed by atoms with Crippen LogP contribution in [0.3, 0.4) is 0 Å². The zero-order valence-electron chi connectivity index (χ0n) is 17.0. The molecule has 1 aliphatic heterocycles. The van der Waals surface area contributed by atoms with E-state index in [1.165, 1.54) is 15.9 Å². The first-order chi connectivity index (χ1) is 14.4. The van der Waals surface area contributed by atoms with Crippen molar-refractivity contribution in [1.82, 2.24) is 14.4 Å². The molecule has 0 radical (unpaired) electrons. The van der Waals surface area contributed by atoms with Crippen molar-refractivity contribution in [3.63, 3.8) is 0 Å². The Kier molecular flexibility index (Phi) is 5.95. The van der Waals surface area contributed by atoms with Gasteiger partial charge < -0.3 is 4.52 Å². The normalized spacial score (nSPS) is 18.1. The van der Waals surface area contributed by atoms with E-state index < -0.39 is 10.0 Å². The van der Waals surface area contributed by atoms with Gasteiger partial charge in [-0.2, -0.15) is 9.29 Å². The van der Waals surface area contributed by atoms with Crippen LogP contribution in [0.25, 0.3) is 11.4 Å². The Bertz CT molecular complexity index is 1130. The molecular weight excluding hydrogens is 422 g/mol. The zero-order chi connectivity index (χ0) is 21.3. The number of hydrogen-bond acceptors (Lipinski definition) is 5. The second-order valence-electron chi connectivity index (χ2n) is 7.87. The summed E-state index contributed by atoms with van der Waals surface area (Å²) in [5.41, 5.74) is 2.13. The first-order valence-corrected chi connectivity index (χ1v) is 11.9. The SMILES string of the molecule is CC(C)c1ccc(-c2noc([C@H]3CCCN(S(=O)(=O)c4ccccc4Cl)C3)n2)cc1. The van der Waals surface area contributed by atoms with Crippen molar-refractivity contribution in [3.8, 4) is 11.4 Å². The number of sulfonamides is 1. The van der Waals surface area contributed by atoms with Crippen molar-refractivity contribution in [1.29, 1.82) is 0 Å². The number of halogens is 1. The van der Waals surface area contributed by atoms with Crippen LogP contribution >= 0.6 is 11.6 Å². The molecule has 0 N–H and O–H groups in total. The summed E-state index contributed by atoms with van der Waals surface area (Å²) < 4.78 is 33.1. The second kappa shape index (κ2) is 8.49.